The molecule has 0 bridgehead atoms. The number of aliphatic hydroxyl groups excluding tert-OH is 1. The van der Waals surface area contributed by atoms with Crippen molar-refractivity contribution < 1.29 is 5.11 Å². The third-order valence-corrected chi connectivity index (χ3v) is 1.13. The maximum absolute atomic E-state index is 8.57. The van der Waals surface area contributed by atoms with Crippen molar-refractivity contribution in [3.63, 3.8) is 0 Å². The molecule has 0 saturated heterocycles. The second-order valence-corrected chi connectivity index (χ2v) is 1.99. The van der Waals surface area contributed by atoms with E-state index in [2.05, 4.69) is 11.6 Å². The largest absolute Gasteiger partial charge is 0.390 e. The van der Waals surface area contributed by atoms with Crippen LogP contribution in [-0.4, -0.2) is 10.1 Å². The van der Waals surface area contributed by atoms with Crippen molar-refractivity contribution in [2.75, 3.05) is 0 Å². The summed E-state index contributed by atoms with van der Waals surface area (Å²) in [5, 5.41) is 15.1. The van der Waals surface area contributed by atoms with Gasteiger partial charge in [-0.05, 0) is 18.6 Å². The average Bonchev–Trinajstić information content (AvgIpc) is 2.10. The summed E-state index contributed by atoms with van der Waals surface area (Å²) in [5.41, 5.74) is 1.84. The number of nitrogens with zero attached hydrogens (tertiary/aromatic N) is 2. The zero-order valence-corrected chi connectivity index (χ0v) is 6.36. The molecule has 3 nitrogen and oxygen atoms in total. The molecule has 0 radical (unpaired) electrons. The van der Waals surface area contributed by atoms with Crippen molar-refractivity contribution in [2.45, 2.75) is 13.5 Å². The summed E-state index contributed by atoms with van der Waals surface area (Å²) >= 11 is 0. The van der Waals surface area contributed by atoms with Crippen LogP contribution in [0.3, 0.4) is 0 Å². The normalized spacial score (nSPS) is 8.00. The molecule has 3 heteroatoms. The SMILES string of the molecule is C#N.Cc1ccc(CO)nc1. The summed E-state index contributed by atoms with van der Waals surface area (Å²) in [7, 11) is 0. The van der Waals surface area contributed by atoms with Crippen LogP contribution in [0.5, 0.6) is 0 Å². The Morgan fingerprint density at radius 2 is 2.18 bits per heavy atom. The molecule has 1 rings (SSSR count). The van der Waals surface area contributed by atoms with Gasteiger partial charge in [0.2, 0.25) is 0 Å². The summed E-state index contributed by atoms with van der Waals surface area (Å²) in [6.07, 6.45) is 1.74. The van der Waals surface area contributed by atoms with Gasteiger partial charge >= 0.3 is 0 Å². The molecule has 0 spiro atoms. The molecule has 0 aliphatic heterocycles. The lowest BCUT2D eigenvalue weighted by Gasteiger charge is -1.93. The van der Waals surface area contributed by atoms with Gasteiger partial charge in [-0.3, -0.25) is 4.98 Å². The number of pyridine rings is 1. The molecule has 11 heavy (non-hydrogen) atoms. The maximum Gasteiger partial charge on any atom is 0.0852 e. The number of nitriles is 1. The lowest BCUT2D eigenvalue weighted by Crippen LogP contribution is -1.87. The Bertz CT molecular complexity index is 215. The zero-order valence-electron chi connectivity index (χ0n) is 6.36. The van der Waals surface area contributed by atoms with Crippen LogP contribution in [0.25, 0.3) is 0 Å². The Morgan fingerprint density at radius 3 is 2.55 bits per heavy atom. The Kier molecular flexibility index (Phi) is 4.70. The van der Waals surface area contributed by atoms with Gasteiger partial charge in [0, 0.05) is 12.8 Å². The van der Waals surface area contributed by atoms with Crippen molar-refractivity contribution in [2.24, 2.45) is 0 Å². The van der Waals surface area contributed by atoms with E-state index >= 15 is 0 Å². The average molecular weight is 150 g/mol. The van der Waals surface area contributed by atoms with E-state index in [4.69, 9.17) is 10.4 Å². The molecule has 0 aliphatic rings. The number of hydrogen-bond donors (Lipinski definition) is 1. The van der Waals surface area contributed by atoms with Crippen molar-refractivity contribution in [3.05, 3.63) is 29.6 Å². The van der Waals surface area contributed by atoms with E-state index in [-0.39, 0.29) is 6.61 Å². The summed E-state index contributed by atoms with van der Waals surface area (Å²) in [6.45, 7) is 5.49. The van der Waals surface area contributed by atoms with Gasteiger partial charge in [-0.1, -0.05) is 6.07 Å². The molecule has 0 amide bonds. The molecule has 1 N–H and O–H groups in total. The molecule has 1 aromatic rings. The van der Waals surface area contributed by atoms with E-state index in [1.54, 1.807) is 6.20 Å². The highest BCUT2D eigenvalue weighted by molar-refractivity contribution is 5.11. The van der Waals surface area contributed by atoms with E-state index in [1.807, 2.05) is 19.1 Å². The first-order valence-corrected chi connectivity index (χ1v) is 3.11. The number of rotatable bonds is 1. The standard InChI is InChI=1S/C7H9NO.CHN/c1-6-2-3-7(5-9)8-4-6;1-2/h2-4,9H,5H2,1H3;1H. The fourth-order valence-electron chi connectivity index (χ4n) is 0.592. The fraction of sp³-hybridized carbons (Fsp3) is 0.250. The van der Waals surface area contributed by atoms with Crippen LogP contribution >= 0.6 is 0 Å². The number of aliphatic hydroxyl groups is 1. The lowest BCUT2D eigenvalue weighted by atomic mass is 10.3. The van der Waals surface area contributed by atoms with Gasteiger partial charge < -0.3 is 5.11 Å². The molecule has 0 atom stereocenters. The summed E-state index contributed by atoms with van der Waals surface area (Å²) in [6, 6.07) is 3.74. The summed E-state index contributed by atoms with van der Waals surface area (Å²) in [5.74, 6) is 0. The van der Waals surface area contributed by atoms with Crippen LogP contribution in [0.4, 0.5) is 0 Å². The van der Waals surface area contributed by atoms with E-state index in [0.29, 0.717) is 0 Å². The first-order chi connectivity index (χ1) is 5.33. The van der Waals surface area contributed by atoms with E-state index in [9.17, 15) is 0 Å². The minimum Gasteiger partial charge on any atom is -0.390 e. The molecule has 0 unspecified atom stereocenters. The Hall–Kier alpha value is -1.40. The second-order valence-electron chi connectivity index (χ2n) is 1.99. The Morgan fingerprint density at radius 1 is 1.55 bits per heavy atom. The van der Waals surface area contributed by atoms with E-state index in [0.717, 1.165) is 11.3 Å². The number of aryl methyl sites for hydroxylation is 1. The highest BCUT2D eigenvalue weighted by atomic mass is 16.3. The Balaban J connectivity index is 0.000000461. The monoisotopic (exact) mass is 150 g/mol. The van der Waals surface area contributed by atoms with Crippen LogP contribution in [0, 0.1) is 18.8 Å². The van der Waals surface area contributed by atoms with E-state index < -0.39 is 0 Å². The molecule has 0 aromatic carbocycles. The molecule has 0 saturated carbocycles. The fourth-order valence-corrected chi connectivity index (χ4v) is 0.592. The van der Waals surface area contributed by atoms with Gasteiger partial charge in [-0.15, -0.1) is 0 Å². The van der Waals surface area contributed by atoms with Crippen LogP contribution in [-0.2, 0) is 6.61 Å². The molecule has 1 heterocycles. The second kappa shape index (κ2) is 5.39. The first-order valence-electron chi connectivity index (χ1n) is 3.11. The summed E-state index contributed by atoms with van der Waals surface area (Å²) < 4.78 is 0. The lowest BCUT2D eigenvalue weighted by molar-refractivity contribution is 0.277. The van der Waals surface area contributed by atoms with Crippen LogP contribution in [0.15, 0.2) is 18.3 Å². The van der Waals surface area contributed by atoms with Crippen molar-refractivity contribution in [1.29, 1.82) is 5.26 Å². The van der Waals surface area contributed by atoms with Gasteiger partial charge in [0.15, 0.2) is 0 Å². The minimum absolute atomic E-state index is 0.0281. The van der Waals surface area contributed by atoms with Gasteiger partial charge in [0.05, 0.1) is 12.3 Å². The number of aromatic nitrogens is 1. The Labute approximate surface area is 65.9 Å². The van der Waals surface area contributed by atoms with Gasteiger partial charge in [0.25, 0.3) is 0 Å². The number of hydrogen-bond acceptors (Lipinski definition) is 3. The predicted molar refractivity (Wildman–Crippen MR) is 41.6 cm³/mol. The topological polar surface area (TPSA) is 56.9 Å². The van der Waals surface area contributed by atoms with Crippen molar-refractivity contribution in [3.8, 4) is 6.57 Å². The molecule has 58 valence electrons. The highest BCUT2D eigenvalue weighted by Crippen LogP contribution is 1.96. The van der Waals surface area contributed by atoms with Gasteiger partial charge in [0.1, 0.15) is 0 Å². The highest BCUT2D eigenvalue weighted by Gasteiger charge is 1.87. The molecular formula is C8H10N2O. The molecule has 0 aliphatic carbocycles. The summed E-state index contributed by atoms with van der Waals surface area (Å²) in [4.78, 5) is 3.95. The van der Waals surface area contributed by atoms with Crippen LogP contribution in [0.1, 0.15) is 11.3 Å². The van der Waals surface area contributed by atoms with Gasteiger partial charge in [-0.2, -0.15) is 0 Å². The van der Waals surface area contributed by atoms with Crippen LogP contribution < -0.4 is 0 Å². The zero-order chi connectivity index (χ0) is 8.69. The molecular weight excluding hydrogens is 140 g/mol. The smallest absolute Gasteiger partial charge is 0.0852 e. The molecule has 0 fully saturated rings. The molecule has 1 aromatic heterocycles. The quantitative estimate of drug-likeness (QED) is 0.650. The van der Waals surface area contributed by atoms with Crippen molar-refractivity contribution in [1.82, 2.24) is 4.98 Å². The van der Waals surface area contributed by atoms with Crippen molar-refractivity contribution >= 4 is 0 Å². The maximum atomic E-state index is 8.57. The predicted octanol–water partition coefficient (Wildman–Crippen LogP) is 1.02. The van der Waals surface area contributed by atoms with E-state index in [1.165, 1.54) is 0 Å². The minimum atomic E-state index is 0.0281. The van der Waals surface area contributed by atoms with Crippen LogP contribution in [0.2, 0.25) is 0 Å². The first kappa shape index (κ1) is 9.60. The third kappa shape index (κ3) is 3.33. The third-order valence-electron chi connectivity index (χ3n) is 1.13. The van der Waals surface area contributed by atoms with Gasteiger partial charge in [-0.25, -0.2) is 5.26 Å².